The molecule has 0 bridgehead atoms. The summed E-state index contributed by atoms with van der Waals surface area (Å²) in [6.07, 6.45) is 1.03. The molecule has 1 heterocycles. The molecule has 3 rings (SSSR count). The minimum absolute atomic E-state index is 0.0784. The van der Waals surface area contributed by atoms with Gasteiger partial charge in [-0.3, -0.25) is 24.1 Å². The first kappa shape index (κ1) is 23.5. The monoisotopic (exact) mass is 560 g/mol. The number of carbonyl (C=O) groups excluding carboxylic acids is 4. The third-order valence-corrected chi connectivity index (χ3v) is 8.07. The second-order valence-corrected chi connectivity index (χ2v) is 9.61. The molecular formula is C20H22Br2N2O7. The molecule has 1 aromatic carbocycles. The van der Waals surface area contributed by atoms with Gasteiger partial charge in [0.25, 0.3) is 5.91 Å². The van der Waals surface area contributed by atoms with Gasteiger partial charge in [0.15, 0.2) is 6.61 Å². The van der Waals surface area contributed by atoms with Crippen LogP contribution < -0.4 is 14.8 Å². The van der Waals surface area contributed by atoms with E-state index < -0.39 is 36.9 Å². The van der Waals surface area contributed by atoms with Gasteiger partial charge in [0, 0.05) is 15.7 Å². The van der Waals surface area contributed by atoms with Crippen LogP contribution in [0.2, 0.25) is 0 Å². The molecule has 1 saturated heterocycles. The fraction of sp³-hybridized carbons (Fsp3) is 0.500. The quantitative estimate of drug-likeness (QED) is 0.308. The van der Waals surface area contributed by atoms with Crippen molar-refractivity contribution >= 4 is 61.2 Å². The van der Waals surface area contributed by atoms with Crippen molar-refractivity contribution in [3.63, 3.8) is 0 Å². The Labute approximate surface area is 196 Å². The molecule has 1 aliphatic carbocycles. The molecule has 3 amide bonds. The molecule has 2 aliphatic rings. The van der Waals surface area contributed by atoms with Crippen molar-refractivity contribution in [1.82, 2.24) is 4.90 Å². The topological polar surface area (TPSA) is 111 Å². The van der Waals surface area contributed by atoms with Crippen LogP contribution >= 0.6 is 31.9 Å². The standard InChI is InChI=1S/C20H22Br2N2O7/c1-29-10-3-4-16(30-2)15(5-10)23-17(25)9-31-18(26)8-24-19(27)11-6-13(21)14(22)7-12(11)20(24)28/h3-5,11-14H,6-9H2,1-2H3,(H,23,25)/t11-,12+,13+,14-. The number of hydrogen-bond donors (Lipinski definition) is 1. The molecule has 4 atom stereocenters. The number of likely N-dealkylation sites (tertiary alicyclic amines) is 1. The van der Waals surface area contributed by atoms with Crippen LogP contribution in [0.1, 0.15) is 12.8 Å². The Hall–Kier alpha value is -2.14. The molecule has 1 aliphatic heterocycles. The van der Waals surface area contributed by atoms with Gasteiger partial charge in [0.05, 0.1) is 31.7 Å². The van der Waals surface area contributed by atoms with Crippen molar-refractivity contribution in [3.05, 3.63) is 18.2 Å². The zero-order valence-electron chi connectivity index (χ0n) is 16.9. The summed E-state index contributed by atoms with van der Waals surface area (Å²) in [5.41, 5.74) is 0.352. The van der Waals surface area contributed by atoms with E-state index >= 15 is 0 Å². The number of alkyl halides is 2. The Morgan fingerprint density at radius 2 is 1.68 bits per heavy atom. The van der Waals surface area contributed by atoms with Crippen LogP contribution in [0.4, 0.5) is 5.69 Å². The minimum Gasteiger partial charge on any atom is -0.497 e. The maximum absolute atomic E-state index is 12.6. The molecule has 1 saturated carbocycles. The van der Waals surface area contributed by atoms with Crippen molar-refractivity contribution < 1.29 is 33.4 Å². The number of nitrogens with one attached hydrogen (secondary N) is 1. The van der Waals surface area contributed by atoms with Crippen LogP contribution in [0.3, 0.4) is 0 Å². The molecule has 2 fully saturated rings. The number of anilines is 1. The highest BCUT2D eigenvalue weighted by molar-refractivity contribution is 9.12. The smallest absolute Gasteiger partial charge is 0.326 e. The fourth-order valence-corrected chi connectivity index (χ4v) is 4.98. The number of imide groups is 1. The minimum atomic E-state index is -0.834. The normalized spacial score (nSPS) is 25.1. The number of fused-ring (bicyclic) bond motifs is 1. The Bertz CT molecular complexity index is 866. The maximum atomic E-state index is 12.6. The zero-order valence-corrected chi connectivity index (χ0v) is 20.1. The van der Waals surface area contributed by atoms with E-state index in [9.17, 15) is 19.2 Å². The van der Waals surface area contributed by atoms with Crippen molar-refractivity contribution in [1.29, 1.82) is 0 Å². The predicted molar refractivity (Wildman–Crippen MR) is 117 cm³/mol. The number of hydrogen-bond acceptors (Lipinski definition) is 7. The molecule has 1 N–H and O–H groups in total. The lowest BCUT2D eigenvalue weighted by atomic mass is 9.81. The first-order valence-electron chi connectivity index (χ1n) is 9.56. The summed E-state index contributed by atoms with van der Waals surface area (Å²) in [7, 11) is 2.94. The molecule has 0 spiro atoms. The van der Waals surface area contributed by atoms with Gasteiger partial charge < -0.3 is 19.5 Å². The molecule has 1 aromatic rings. The lowest BCUT2D eigenvalue weighted by Crippen LogP contribution is -2.37. The third-order valence-electron chi connectivity index (χ3n) is 5.34. The van der Waals surface area contributed by atoms with Crippen LogP contribution in [-0.2, 0) is 23.9 Å². The molecule has 0 radical (unpaired) electrons. The van der Waals surface area contributed by atoms with Gasteiger partial charge in [-0.05, 0) is 25.0 Å². The van der Waals surface area contributed by atoms with E-state index in [0.717, 1.165) is 4.90 Å². The maximum Gasteiger partial charge on any atom is 0.326 e. The second kappa shape index (κ2) is 9.99. The van der Waals surface area contributed by atoms with Gasteiger partial charge >= 0.3 is 5.97 Å². The number of nitrogens with zero attached hydrogens (tertiary/aromatic N) is 1. The Morgan fingerprint density at radius 1 is 1.06 bits per heavy atom. The number of rotatable bonds is 7. The Kier molecular flexibility index (Phi) is 7.58. The van der Waals surface area contributed by atoms with Gasteiger partial charge in [0.1, 0.15) is 18.0 Å². The highest BCUT2D eigenvalue weighted by Gasteiger charge is 2.52. The first-order chi connectivity index (χ1) is 14.7. The molecule has 31 heavy (non-hydrogen) atoms. The van der Waals surface area contributed by atoms with Gasteiger partial charge in [-0.2, -0.15) is 0 Å². The van der Waals surface area contributed by atoms with Gasteiger partial charge in [-0.1, -0.05) is 31.9 Å². The Balaban J connectivity index is 1.54. The van der Waals surface area contributed by atoms with Gasteiger partial charge in [-0.25, -0.2) is 0 Å². The summed E-state index contributed by atoms with van der Waals surface area (Å²) in [6.45, 7) is -1.09. The van der Waals surface area contributed by atoms with E-state index in [1.54, 1.807) is 18.2 Å². The van der Waals surface area contributed by atoms with Gasteiger partial charge in [0.2, 0.25) is 11.8 Å². The van der Waals surface area contributed by atoms with Crippen LogP contribution in [0, 0.1) is 11.8 Å². The van der Waals surface area contributed by atoms with Crippen molar-refractivity contribution in [2.45, 2.75) is 22.5 Å². The van der Waals surface area contributed by atoms with Crippen LogP contribution in [0.25, 0.3) is 0 Å². The molecular weight excluding hydrogens is 540 g/mol. The first-order valence-corrected chi connectivity index (χ1v) is 11.4. The number of amides is 3. The average Bonchev–Trinajstić information content (AvgIpc) is 2.96. The average molecular weight is 562 g/mol. The zero-order chi connectivity index (χ0) is 22.7. The van der Waals surface area contributed by atoms with E-state index in [4.69, 9.17) is 14.2 Å². The van der Waals surface area contributed by atoms with E-state index in [1.165, 1.54) is 14.2 Å². The molecule has 11 heteroatoms. The molecule has 0 aromatic heterocycles. The van der Waals surface area contributed by atoms with Crippen molar-refractivity contribution in [2.24, 2.45) is 11.8 Å². The van der Waals surface area contributed by atoms with Crippen molar-refractivity contribution in [3.8, 4) is 11.5 Å². The lowest BCUT2D eigenvalue weighted by Gasteiger charge is -2.29. The van der Waals surface area contributed by atoms with Crippen LogP contribution in [0.15, 0.2) is 18.2 Å². The van der Waals surface area contributed by atoms with E-state index in [1.807, 2.05) is 0 Å². The van der Waals surface area contributed by atoms with E-state index in [-0.39, 0.29) is 21.5 Å². The molecule has 9 nitrogen and oxygen atoms in total. The number of benzene rings is 1. The second-order valence-electron chi connectivity index (χ2n) is 7.25. The van der Waals surface area contributed by atoms with Gasteiger partial charge in [-0.15, -0.1) is 0 Å². The summed E-state index contributed by atoms with van der Waals surface area (Å²) in [5, 5.41) is 2.57. The molecule has 168 valence electrons. The SMILES string of the molecule is COc1ccc(OC)c(NC(=O)COC(=O)CN2C(=O)[C@H]3C[C@@H](Br)[C@@H](Br)C[C@H]3C2=O)c1. The predicted octanol–water partition coefficient (Wildman–Crippen LogP) is 2.11. The number of halogens is 2. The highest BCUT2D eigenvalue weighted by atomic mass is 79.9. The third kappa shape index (κ3) is 5.20. The van der Waals surface area contributed by atoms with Crippen LogP contribution in [-0.4, -0.2) is 65.6 Å². The Morgan fingerprint density at radius 3 is 2.23 bits per heavy atom. The van der Waals surface area contributed by atoms with Crippen LogP contribution in [0.5, 0.6) is 11.5 Å². The summed E-state index contributed by atoms with van der Waals surface area (Å²) in [6, 6.07) is 4.86. The largest absolute Gasteiger partial charge is 0.497 e. The van der Waals surface area contributed by atoms with E-state index in [0.29, 0.717) is 30.0 Å². The summed E-state index contributed by atoms with van der Waals surface area (Å²) in [5.74, 6) is -2.15. The van der Waals surface area contributed by atoms with E-state index in [2.05, 4.69) is 37.2 Å². The number of ether oxygens (including phenoxy) is 3. The summed E-state index contributed by atoms with van der Waals surface area (Å²) >= 11 is 7.03. The fourth-order valence-electron chi connectivity index (χ4n) is 3.74. The number of methoxy groups -OCH3 is 2. The van der Waals surface area contributed by atoms with Crippen molar-refractivity contribution in [2.75, 3.05) is 32.7 Å². The number of carbonyl (C=O) groups is 4. The number of esters is 1. The molecule has 0 unspecified atom stereocenters. The summed E-state index contributed by atoms with van der Waals surface area (Å²) < 4.78 is 15.3. The lowest BCUT2D eigenvalue weighted by molar-refractivity contribution is -0.154. The highest BCUT2D eigenvalue weighted by Crippen LogP contribution is 2.43. The summed E-state index contributed by atoms with van der Waals surface area (Å²) in [4.78, 5) is 50.7.